The first-order valence-corrected chi connectivity index (χ1v) is 6.20. The lowest BCUT2D eigenvalue weighted by Crippen LogP contribution is -2.24. The molecule has 1 aromatic carbocycles. The van der Waals surface area contributed by atoms with Gasteiger partial charge >= 0.3 is 0 Å². The Bertz CT molecular complexity index is 625. The fourth-order valence-corrected chi connectivity index (χ4v) is 2.36. The molecule has 0 saturated carbocycles. The molecule has 0 atom stereocenters. The summed E-state index contributed by atoms with van der Waals surface area (Å²) in [6.45, 7) is 4.16. The Morgan fingerprint density at radius 1 is 1.32 bits per heavy atom. The lowest BCUT2D eigenvalue weighted by molar-refractivity contribution is 0.139. The molecule has 0 saturated heterocycles. The molecule has 3 N–H and O–H groups in total. The highest BCUT2D eigenvalue weighted by atomic mass is 16.5. The Kier molecular flexibility index (Phi) is 2.64. The zero-order valence-corrected chi connectivity index (χ0v) is 11.0. The predicted octanol–water partition coefficient (Wildman–Crippen LogP) is 2.14. The Balaban J connectivity index is 2.10. The molecule has 0 radical (unpaired) electrons. The molecule has 0 unspecified atom stereocenters. The summed E-state index contributed by atoms with van der Waals surface area (Å²) >= 11 is 0. The van der Waals surface area contributed by atoms with Crippen LogP contribution in [-0.4, -0.2) is 15.6 Å². The van der Waals surface area contributed by atoms with Crippen molar-refractivity contribution in [2.45, 2.75) is 25.9 Å². The summed E-state index contributed by atoms with van der Waals surface area (Å²) in [7, 11) is 0. The summed E-state index contributed by atoms with van der Waals surface area (Å²) in [6, 6.07) is 7.77. The largest absolute Gasteiger partial charge is 0.486 e. The second-order valence-corrected chi connectivity index (χ2v) is 5.24. The zero-order chi connectivity index (χ0) is 13.5. The lowest BCUT2D eigenvalue weighted by atomic mass is 10.0. The Hall–Kier alpha value is -2.14. The van der Waals surface area contributed by atoms with Gasteiger partial charge in [-0.15, -0.1) is 0 Å². The highest BCUT2D eigenvalue weighted by Crippen LogP contribution is 2.41. The molecular weight excluding hydrogens is 240 g/mol. The van der Waals surface area contributed by atoms with E-state index in [-0.39, 0.29) is 5.60 Å². The summed E-state index contributed by atoms with van der Waals surface area (Å²) in [5.74, 6) is 7.46. The monoisotopic (exact) mass is 256 g/mol. The van der Waals surface area contributed by atoms with Gasteiger partial charge in [0.1, 0.15) is 17.2 Å². The molecule has 5 nitrogen and oxygen atoms in total. The Labute approximate surface area is 111 Å². The molecule has 19 heavy (non-hydrogen) atoms. The van der Waals surface area contributed by atoms with Crippen molar-refractivity contribution in [2.24, 2.45) is 5.84 Å². The van der Waals surface area contributed by atoms with Crippen LogP contribution in [0.4, 0.5) is 5.82 Å². The van der Waals surface area contributed by atoms with E-state index in [1.165, 1.54) is 5.56 Å². The van der Waals surface area contributed by atoms with Crippen molar-refractivity contribution in [3.05, 3.63) is 36.0 Å². The van der Waals surface area contributed by atoms with E-state index in [2.05, 4.69) is 35.3 Å². The first kappa shape index (κ1) is 11.9. The number of benzene rings is 1. The second kappa shape index (κ2) is 4.20. The second-order valence-electron chi connectivity index (χ2n) is 5.24. The summed E-state index contributed by atoms with van der Waals surface area (Å²) < 4.78 is 6.02. The molecular formula is C14H16N4O. The van der Waals surface area contributed by atoms with Gasteiger partial charge in [0.25, 0.3) is 0 Å². The van der Waals surface area contributed by atoms with Gasteiger partial charge in [-0.3, -0.25) is 0 Å². The normalized spacial score (nSPS) is 15.7. The quantitative estimate of drug-likeness (QED) is 0.636. The summed E-state index contributed by atoms with van der Waals surface area (Å²) in [6.07, 6.45) is 2.57. The number of hydrogen-bond donors (Lipinski definition) is 2. The third-order valence-corrected chi connectivity index (χ3v) is 3.14. The molecule has 1 aliphatic rings. The number of aromatic nitrogens is 2. The molecule has 0 aliphatic carbocycles. The number of anilines is 1. The minimum absolute atomic E-state index is 0.178. The van der Waals surface area contributed by atoms with Crippen molar-refractivity contribution in [1.82, 2.24) is 9.97 Å². The van der Waals surface area contributed by atoms with Crippen molar-refractivity contribution in [3.63, 3.8) is 0 Å². The van der Waals surface area contributed by atoms with E-state index < -0.39 is 0 Å². The average Bonchev–Trinajstić information content (AvgIpc) is 2.72. The van der Waals surface area contributed by atoms with Gasteiger partial charge < -0.3 is 10.2 Å². The maximum absolute atomic E-state index is 6.02. The molecule has 2 heterocycles. The molecule has 1 aromatic heterocycles. The van der Waals surface area contributed by atoms with Gasteiger partial charge in [0.05, 0.1) is 5.56 Å². The molecule has 3 rings (SSSR count). The van der Waals surface area contributed by atoms with Crippen LogP contribution in [0.3, 0.4) is 0 Å². The summed E-state index contributed by atoms with van der Waals surface area (Å²) in [4.78, 5) is 8.66. The number of nitrogens with zero attached hydrogens (tertiary/aromatic N) is 2. The molecule has 1 aliphatic heterocycles. The van der Waals surface area contributed by atoms with Gasteiger partial charge in [-0.1, -0.05) is 12.1 Å². The van der Waals surface area contributed by atoms with Gasteiger partial charge in [-0.25, -0.2) is 15.8 Å². The number of rotatable bonds is 2. The van der Waals surface area contributed by atoms with E-state index >= 15 is 0 Å². The van der Waals surface area contributed by atoms with Crippen LogP contribution in [0.2, 0.25) is 0 Å². The third kappa shape index (κ3) is 2.13. The zero-order valence-electron chi connectivity index (χ0n) is 11.0. The fraction of sp³-hybridized carbons (Fsp3) is 0.286. The van der Waals surface area contributed by atoms with Gasteiger partial charge in [-0.2, -0.15) is 0 Å². The van der Waals surface area contributed by atoms with Crippen molar-refractivity contribution in [2.75, 3.05) is 5.43 Å². The number of nitrogens with one attached hydrogen (secondary N) is 1. The highest BCUT2D eigenvalue weighted by Gasteiger charge is 2.32. The molecule has 2 aromatic rings. The van der Waals surface area contributed by atoms with E-state index in [4.69, 9.17) is 10.6 Å². The lowest BCUT2D eigenvalue weighted by Gasteiger charge is -2.18. The van der Waals surface area contributed by atoms with E-state index in [0.29, 0.717) is 11.6 Å². The van der Waals surface area contributed by atoms with Crippen LogP contribution in [0.15, 0.2) is 30.5 Å². The van der Waals surface area contributed by atoms with Gasteiger partial charge in [-0.05, 0) is 25.5 Å². The molecule has 0 amide bonds. The van der Waals surface area contributed by atoms with E-state index in [1.54, 1.807) is 12.3 Å². The Morgan fingerprint density at radius 3 is 2.95 bits per heavy atom. The number of nitrogen functional groups attached to an aromatic ring is 1. The Morgan fingerprint density at radius 2 is 2.16 bits per heavy atom. The van der Waals surface area contributed by atoms with E-state index in [9.17, 15) is 0 Å². The van der Waals surface area contributed by atoms with Gasteiger partial charge in [0.2, 0.25) is 0 Å². The fourth-order valence-electron chi connectivity index (χ4n) is 2.36. The molecule has 0 fully saturated rings. The number of nitrogens with two attached hydrogens (primary N) is 1. The molecule has 0 bridgehead atoms. The van der Waals surface area contributed by atoms with Crippen LogP contribution >= 0.6 is 0 Å². The maximum Gasteiger partial charge on any atom is 0.165 e. The minimum Gasteiger partial charge on any atom is -0.486 e. The number of ether oxygens (including phenoxy) is 1. The van der Waals surface area contributed by atoms with Crippen molar-refractivity contribution in [3.8, 4) is 17.1 Å². The number of para-hydroxylation sites is 1. The molecule has 0 spiro atoms. The smallest absolute Gasteiger partial charge is 0.165 e. The van der Waals surface area contributed by atoms with Crippen molar-refractivity contribution in [1.29, 1.82) is 0 Å². The number of hydrogen-bond acceptors (Lipinski definition) is 5. The van der Waals surface area contributed by atoms with Crippen molar-refractivity contribution >= 4 is 5.82 Å². The molecule has 98 valence electrons. The first-order chi connectivity index (χ1) is 9.09. The SMILES string of the molecule is CC1(C)Cc2cccc(-c3nccc(NN)n3)c2O1. The first-order valence-electron chi connectivity index (χ1n) is 6.20. The van der Waals surface area contributed by atoms with Gasteiger partial charge in [0.15, 0.2) is 5.82 Å². The summed E-state index contributed by atoms with van der Waals surface area (Å²) in [5, 5.41) is 0. The standard InChI is InChI=1S/C14H16N4O/c1-14(2)8-9-4-3-5-10(12(9)19-14)13-16-7-6-11(17-13)18-15/h3-7H,8,15H2,1-2H3,(H,16,17,18). The van der Waals surface area contributed by atoms with Crippen LogP contribution in [0.25, 0.3) is 11.4 Å². The summed E-state index contributed by atoms with van der Waals surface area (Å²) in [5.41, 5.74) is 4.45. The van der Waals surface area contributed by atoms with Gasteiger partial charge in [0, 0.05) is 18.7 Å². The van der Waals surface area contributed by atoms with Crippen LogP contribution in [-0.2, 0) is 6.42 Å². The third-order valence-electron chi connectivity index (χ3n) is 3.14. The highest BCUT2D eigenvalue weighted by molar-refractivity contribution is 5.68. The average molecular weight is 256 g/mol. The predicted molar refractivity (Wildman–Crippen MR) is 73.7 cm³/mol. The topological polar surface area (TPSA) is 73.1 Å². The number of fused-ring (bicyclic) bond motifs is 1. The van der Waals surface area contributed by atoms with E-state index in [0.717, 1.165) is 17.7 Å². The van der Waals surface area contributed by atoms with E-state index in [1.807, 2.05) is 12.1 Å². The van der Waals surface area contributed by atoms with Crippen LogP contribution in [0.5, 0.6) is 5.75 Å². The van der Waals surface area contributed by atoms with Crippen LogP contribution < -0.4 is 16.0 Å². The van der Waals surface area contributed by atoms with Crippen LogP contribution in [0.1, 0.15) is 19.4 Å². The number of hydrazine groups is 1. The maximum atomic E-state index is 6.02. The minimum atomic E-state index is -0.178. The molecule has 5 heteroatoms. The van der Waals surface area contributed by atoms with Crippen molar-refractivity contribution < 1.29 is 4.74 Å². The van der Waals surface area contributed by atoms with Crippen LogP contribution in [0, 0.1) is 0 Å².